The summed E-state index contributed by atoms with van der Waals surface area (Å²) in [4.78, 5) is 3.70. The van der Waals surface area contributed by atoms with E-state index in [-0.39, 0.29) is 0 Å². The van der Waals surface area contributed by atoms with E-state index in [2.05, 4.69) is 10.1 Å². The van der Waals surface area contributed by atoms with E-state index in [9.17, 15) is 4.39 Å². The number of halogens is 1. The van der Waals surface area contributed by atoms with Crippen molar-refractivity contribution < 1.29 is 14.2 Å². The van der Waals surface area contributed by atoms with Crippen molar-refractivity contribution in [1.82, 2.24) is 14.8 Å². The van der Waals surface area contributed by atoms with Gasteiger partial charge in [0, 0.05) is 18.4 Å². The predicted molar refractivity (Wildman–Crippen MR) is 63.7 cm³/mol. The maximum Gasteiger partial charge on any atom is 0.255 e. The lowest BCUT2D eigenvalue weighted by Crippen LogP contribution is -2.07. The highest BCUT2D eigenvalue weighted by Gasteiger charge is 2.11. The van der Waals surface area contributed by atoms with E-state index in [0.29, 0.717) is 18.8 Å². The quantitative estimate of drug-likeness (QED) is 0.841. The standard InChI is InChI=1S/C12H14FN3O2/c1-8-9(7-14-16(8)5-6-18-2)10-3-4-11(17)12(13)15-10/h3-4,7,17H,5-6H2,1-2H3. The van der Waals surface area contributed by atoms with Gasteiger partial charge in [-0.25, -0.2) is 4.98 Å². The van der Waals surface area contributed by atoms with Crippen LogP contribution in [-0.4, -0.2) is 33.6 Å². The van der Waals surface area contributed by atoms with Crippen molar-refractivity contribution in [3.8, 4) is 17.0 Å². The molecule has 96 valence electrons. The Morgan fingerprint density at radius 2 is 2.22 bits per heavy atom. The Kier molecular flexibility index (Phi) is 3.57. The Bertz CT molecular complexity index is 554. The zero-order chi connectivity index (χ0) is 13.1. The second kappa shape index (κ2) is 5.14. The van der Waals surface area contributed by atoms with Crippen molar-refractivity contribution in [1.29, 1.82) is 0 Å². The van der Waals surface area contributed by atoms with E-state index in [1.165, 1.54) is 6.07 Å². The van der Waals surface area contributed by atoms with E-state index >= 15 is 0 Å². The van der Waals surface area contributed by atoms with Crippen LogP contribution in [0.3, 0.4) is 0 Å². The largest absolute Gasteiger partial charge is 0.504 e. The number of hydrogen-bond donors (Lipinski definition) is 1. The van der Waals surface area contributed by atoms with Crippen molar-refractivity contribution in [2.75, 3.05) is 13.7 Å². The van der Waals surface area contributed by atoms with Crippen molar-refractivity contribution in [3.63, 3.8) is 0 Å². The summed E-state index contributed by atoms with van der Waals surface area (Å²) in [6.45, 7) is 3.06. The summed E-state index contributed by atoms with van der Waals surface area (Å²) < 4.78 is 19.9. The molecule has 2 aromatic rings. The molecule has 18 heavy (non-hydrogen) atoms. The number of ether oxygens (including phenoxy) is 1. The zero-order valence-corrected chi connectivity index (χ0v) is 10.2. The van der Waals surface area contributed by atoms with Gasteiger partial charge in [0.15, 0.2) is 5.75 Å². The highest BCUT2D eigenvalue weighted by Crippen LogP contribution is 2.24. The first kappa shape index (κ1) is 12.5. The minimum atomic E-state index is -0.878. The Morgan fingerprint density at radius 1 is 1.44 bits per heavy atom. The number of hydrogen-bond acceptors (Lipinski definition) is 4. The molecule has 0 aromatic carbocycles. The molecule has 0 saturated heterocycles. The Hall–Kier alpha value is -1.95. The lowest BCUT2D eigenvalue weighted by atomic mass is 10.2. The van der Waals surface area contributed by atoms with E-state index in [4.69, 9.17) is 9.84 Å². The Morgan fingerprint density at radius 3 is 2.89 bits per heavy atom. The van der Waals surface area contributed by atoms with Gasteiger partial charge in [0.2, 0.25) is 0 Å². The zero-order valence-electron chi connectivity index (χ0n) is 10.2. The van der Waals surface area contributed by atoms with Crippen LogP contribution in [0.5, 0.6) is 5.75 Å². The van der Waals surface area contributed by atoms with Gasteiger partial charge in [-0.1, -0.05) is 0 Å². The average Bonchev–Trinajstić information content (AvgIpc) is 2.72. The molecule has 2 rings (SSSR count). The molecule has 5 nitrogen and oxygen atoms in total. The van der Waals surface area contributed by atoms with Crippen molar-refractivity contribution in [3.05, 3.63) is 30.0 Å². The van der Waals surface area contributed by atoms with Crippen molar-refractivity contribution in [2.45, 2.75) is 13.5 Å². The summed E-state index contributed by atoms with van der Waals surface area (Å²) in [5.74, 6) is -1.33. The van der Waals surface area contributed by atoms with Crippen molar-refractivity contribution in [2.24, 2.45) is 0 Å². The number of rotatable bonds is 4. The van der Waals surface area contributed by atoms with Crippen LogP contribution >= 0.6 is 0 Å². The summed E-state index contributed by atoms with van der Waals surface area (Å²) in [6, 6.07) is 2.84. The summed E-state index contributed by atoms with van der Waals surface area (Å²) in [6.07, 6.45) is 1.63. The lowest BCUT2D eigenvalue weighted by Gasteiger charge is -2.05. The number of nitrogens with zero attached hydrogens (tertiary/aromatic N) is 3. The summed E-state index contributed by atoms with van der Waals surface area (Å²) >= 11 is 0. The first-order chi connectivity index (χ1) is 8.63. The predicted octanol–water partition coefficient (Wildman–Crippen LogP) is 1.74. The Balaban J connectivity index is 2.33. The molecule has 0 aliphatic heterocycles. The third-order valence-electron chi connectivity index (χ3n) is 2.72. The molecule has 0 saturated carbocycles. The minimum absolute atomic E-state index is 0.450. The van der Waals surface area contributed by atoms with Gasteiger partial charge in [-0.2, -0.15) is 9.49 Å². The monoisotopic (exact) mass is 251 g/mol. The number of aromatic hydroxyl groups is 1. The molecule has 0 radical (unpaired) electrons. The fourth-order valence-electron chi connectivity index (χ4n) is 1.68. The van der Waals surface area contributed by atoms with Gasteiger partial charge in [0.1, 0.15) is 0 Å². The molecule has 2 aromatic heterocycles. The van der Waals surface area contributed by atoms with Gasteiger partial charge < -0.3 is 9.84 Å². The van der Waals surface area contributed by atoms with Gasteiger partial charge in [-0.15, -0.1) is 0 Å². The summed E-state index contributed by atoms with van der Waals surface area (Å²) in [7, 11) is 1.62. The van der Waals surface area contributed by atoms with Gasteiger partial charge >= 0.3 is 0 Å². The third-order valence-corrected chi connectivity index (χ3v) is 2.72. The number of aromatic nitrogens is 3. The Labute approximate surface area is 104 Å². The van der Waals surface area contributed by atoms with E-state index < -0.39 is 11.7 Å². The minimum Gasteiger partial charge on any atom is -0.504 e. The van der Waals surface area contributed by atoms with Crippen molar-refractivity contribution >= 4 is 0 Å². The van der Waals surface area contributed by atoms with Crippen LogP contribution in [-0.2, 0) is 11.3 Å². The van der Waals surface area contributed by atoms with E-state index in [0.717, 1.165) is 11.3 Å². The van der Waals surface area contributed by atoms with Crippen LogP contribution in [0.2, 0.25) is 0 Å². The molecule has 0 aliphatic carbocycles. The molecule has 0 spiro atoms. The van der Waals surface area contributed by atoms with Crippen LogP contribution in [0.4, 0.5) is 4.39 Å². The highest BCUT2D eigenvalue weighted by atomic mass is 19.1. The molecule has 0 aliphatic rings. The summed E-state index contributed by atoms with van der Waals surface area (Å²) in [5, 5.41) is 13.3. The molecule has 0 fully saturated rings. The van der Waals surface area contributed by atoms with Crippen LogP contribution in [0.15, 0.2) is 18.3 Å². The molecule has 6 heteroatoms. The maximum absolute atomic E-state index is 13.2. The molecule has 0 bridgehead atoms. The second-order valence-corrected chi connectivity index (χ2v) is 3.87. The fourth-order valence-corrected chi connectivity index (χ4v) is 1.68. The van der Waals surface area contributed by atoms with Gasteiger partial charge in [0.05, 0.1) is 25.0 Å². The molecule has 0 atom stereocenters. The van der Waals surface area contributed by atoms with Crippen LogP contribution in [0.25, 0.3) is 11.3 Å². The highest BCUT2D eigenvalue weighted by molar-refractivity contribution is 5.61. The molecule has 0 amide bonds. The summed E-state index contributed by atoms with van der Waals surface area (Å²) in [5.41, 5.74) is 2.07. The smallest absolute Gasteiger partial charge is 0.255 e. The van der Waals surface area contributed by atoms with Gasteiger partial charge in [0.25, 0.3) is 5.95 Å². The molecule has 0 unspecified atom stereocenters. The topological polar surface area (TPSA) is 60.2 Å². The SMILES string of the molecule is COCCn1ncc(-c2ccc(O)c(F)n2)c1C. The average molecular weight is 251 g/mol. The molecular formula is C12H14FN3O2. The van der Waals surface area contributed by atoms with E-state index in [1.54, 1.807) is 24.1 Å². The van der Waals surface area contributed by atoms with Crippen LogP contribution in [0, 0.1) is 12.9 Å². The normalized spacial score (nSPS) is 10.8. The number of methoxy groups -OCH3 is 1. The van der Waals surface area contributed by atoms with E-state index in [1.807, 2.05) is 6.92 Å². The fraction of sp³-hybridized carbons (Fsp3) is 0.333. The molecular weight excluding hydrogens is 237 g/mol. The maximum atomic E-state index is 13.2. The van der Waals surface area contributed by atoms with Gasteiger partial charge in [-0.3, -0.25) is 4.68 Å². The van der Waals surface area contributed by atoms with Gasteiger partial charge in [-0.05, 0) is 19.1 Å². The second-order valence-electron chi connectivity index (χ2n) is 3.87. The third kappa shape index (κ3) is 2.33. The molecule has 1 N–H and O–H groups in total. The molecule has 2 heterocycles. The first-order valence-electron chi connectivity index (χ1n) is 5.50. The number of pyridine rings is 1. The van der Waals surface area contributed by atoms with Crippen LogP contribution < -0.4 is 0 Å². The first-order valence-corrected chi connectivity index (χ1v) is 5.50. The van der Waals surface area contributed by atoms with Crippen LogP contribution in [0.1, 0.15) is 5.69 Å². The lowest BCUT2D eigenvalue weighted by molar-refractivity contribution is 0.183.